The van der Waals surface area contributed by atoms with Crippen LogP contribution in [-0.4, -0.2) is 57.3 Å². The van der Waals surface area contributed by atoms with Crippen LogP contribution in [0, 0.1) is 5.41 Å². The molecule has 0 bridgehead atoms. The Morgan fingerprint density at radius 2 is 1.88 bits per heavy atom. The van der Waals surface area contributed by atoms with Gasteiger partial charge in [0.2, 0.25) is 0 Å². The molecule has 1 saturated heterocycles. The fraction of sp³-hybridized carbons (Fsp3) is 0.650. The zero-order chi connectivity index (χ0) is 17.5. The van der Waals surface area contributed by atoms with Crippen molar-refractivity contribution < 1.29 is 14.3 Å². The third kappa shape index (κ3) is 4.73. The van der Waals surface area contributed by atoms with E-state index in [1.54, 1.807) is 4.90 Å². The molecule has 1 N–H and O–H groups in total. The molecule has 0 radical (unpaired) electrons. The molecule has 1 aromatic rings. The van der Waals surface area contributed by atoms with Gasteiger partial charge in [-0.15, -0.1) is 0 Å². The van der Waals surface area contributed by atoms with Crippen molar-refractivity contribution in [2.75, 3.05) is 46.5 Å². The molecule has 1 amide bonds. The minimum absolute atomic E-state index is 0.00406. The van der Waals surface area contributed by atoms with Gasteiger partial charge in [0.1, 0.15) is 5.75 Å². The van der Waals surface area contributed by atoms with Gasteiger partial charge in [0, 0.05) is 25.6 Å². The van der Waals surface area contributed by atoms with Crippen molar-refractivity contribution in [1.29, 1.82) is 0 Å². The van der Waals surface area contributed by atoms with Crippen LogP contribution in [0.3, 0.4) is 0 Å². The van der Waals surface area contributed by atoms with Gasteiger partial charge in [0.25, 0.3) is 5.91 Å². The topological polar surface area (TPSA) is 50.8 Å². The van der Waals surface area contributed by atoms with Gasteiger partial charge in [0.05, 0.1) is 18.8 Å². The van der Waals surface area contributed by atoms with Crippen LogP contribution in [0.5, 0.6) is 5.75 Å². The van der Waals surface area contributed by atoms with E-state index in [2.05, 4.69) is 5.32 Å². The van der Waals surface area contributed by atoms with Crippen molar-refractivity contribution in [2.24, 2.45) is 5.41 Å². The maximum Gasteiger partial charge on any atom is 0.257 e. The normalized spacial score (nSPS) is 22.8. The molecule has 0 aromatic heterocycles. The van der Waals surface area contributed by atoms with E-state index in [1.165, 1.54) is 6.42 Å². The van der Waals surface area contributed by atoms with Crippen molar-refractivity contribution in [3.63, 3.8) is 0 Å². The lowest BCUT2D eigenvalue weighted by Gasteiger charge is -2.38. The van der Waals surface area contributed by atoms with Gasteiger partial charge in [-0.25, -0.2) is 0 Å². The first-order chi connectivity index (χ1) is 12.2. The minimum Gasteiger partial charge on any atom is -0.492 e. The maximum absolute atomic E-state index is 12.8. The number of amides is 1. The van der Waals surface area contributed by atoms with Gasteiger partial charge in [0.15, 0.2) is 0 Å². The third-order valence-corrected chi connectivity index (χ3v) is 5.48. The van der Waals surface area contributed by atoms with E-state index in [0.717, 1.165) is 45.4 Å². The summed E-state index contributed by atoms with van der Waals surface area (Å²) in [7, 11) is 1.82. The number of rotatable bonds is 0. The predicted molar refractivity (Wildman–Crippen MR) is 98.1 cm³/mol. The van der Waals surface area contributed by atoms with Gasteiger partial charge < -0.3 is 19.7 Å². The molecular weight excluding hydrogens is 316 g/mol. The number of fused-ring (bicyclic) bond motifs is 1. The number of piperidine rings is 1. The average molecular weight is 346 g/mol. The number of carbonyl (C=O) groups is 1. The Morgan fingerprint density at radius 1 is 1.08 bits per heavy atom. The second kappa shape index (κ2) is 8.68. The van der Waals surface area contributed by atoms with Crippen molar-refractivity contribution in [1.82, 2.24) is 10.2 Å². The summed E-state index contributed by atoms with van der Waals surface area (Å²) in [5.41, 5.74) is 0.850. The molecule has 25 heavy (non-hydrogen) atoms. The minimum atomic E-state index is -0.00406. The second-order valence-electron chi connectivity index (χ2n) is 7.33. The molecule has 0 saturated carbocycles. The first-order valence-corrected chi connectivity index (χ1v) is 9.46. The Kier molecular flexibility index (Phi) is 6.32. The summed E-state index contributed by atoms with van der Waals surface area (Å²) in [4.78, 5) is 14.5. The quantitative estimate of drug-likeness (QED) is 0.785. The lowest BCUT2D eigenvalue weighted by molar-refractivity contribution is 0.0617. The summed E-state index contributed by atoms with van der Waals surface area (Å²) in [6, 6.07) is 7.61. The summed E-state index contributed by atoms with van der Waals surface area (Å²) in [5.74, 6) is 0.700. The zero-order valence-electron chi connectivity index (χ0n) is 15.3. The van der Waals surface area contributed by atoms with E-state index in [9.17, 15) is 4.79 Å². The molecule has 1 spiro atoms. The highest BCUT2D eigenvalue weighted by atomic mass is 16.5. The number of hydrogen-bond acceptors (Lipinski definition) is 4. The van der Waals surface area contributed by atoms with Crippen molar-refractivity contribution >= 4 is 5.91 Å². The molecule has 3 rings (SSSR count). The first-order valence-electron chi connectivity index (χ1n) is 9.46. The predicted octanol–water partition coefficient (Wildman–Crippen LogP) is 2.71. The molecule has 2 aliphatic heterocycles. The van der Waals surface area contributed by atoms with Crippen LogP contribution in [0.15, 0.2) is 24.3 Å². The molecule has 138 valence electrons. The molecule has 0 atom stereocenters. The molecule has 2 heterocycles. The number of carbonyl (C=O) groups excluding carboxylic acids is 1. The molecule has 5 heteroatoms. The van der Waals surface area contributed by atoms with E-state index in [4.69, 9.17) is 9.47 Å². The largest absolute Gasteiger partial charge is 0.492 e. The Labute approximate surface area is 150 Å². The number of ether oxygens (including phenoxy) is 2. The lowest BCUT2D eigenvalue weighted by Crippen LogP contribution is -2.41. The van der Waals surface area contributed by atoms with Crippen LogP contribution in [0.25, 0.3) is 0 Å². The Balaban J connectivity index is 1.81. The number of para-hydroxylation sites is 1. The van der Waals surface area contributed by atoms with Gasteiger partial charge in [-0.2, -0.15) is 0 Å². The average Bonchev–Trinajstić information content (AvgIpc) is 2.65. The van der Waals surface area contributed by atoms with E-state index < -0.39 is 0 Å². The molecular formula is C20H30N2O3. The summed E-state index contributed by atoms with van der Waals surface area (Å²) in [6.45, 7) is 4.73. The van der Waals surface area contributed by atoms with E-state index in [1.807, 2.05) is 31.3 Å². The summed E-state index contributed by atoms with van der Waals surface area (Å²) >= 11 is 0. The zero-order valence-corrected chi connectivity index (χ0v) is 15.3. The number of nitrogens with one attached hydrogen (secondary N) is 1. The van der Waals surface area contributed by atoms with E-state index in [0.29, 0.717) is 31.1 Å². The van der Waals surface area contributed by atoms with E-state index in [-0.39, 0.29) is 11.3 Å². The highest BCUT2D eigenvalue weighted by molar-refractivity contribution is 5.96. The highest BCUT2D eigenvalue weighted by Gasteiger charge is 2.33. The molecule has 5 nitrogen and oxygen atoms in total. The van der Waals surface area contributed by atoms with Crippen molar-refractivity contribution in [3.8, 4) is 5.75 Å². The second-order valence-corrected chi connectivity index (χ2v) is 7.33. The first kappa shape index (κ1) is 18.2. The highest BCUT2D eigenvalue weighted by Crippen LogP contribution is 2.36. The number of likely N-dealkylation sites (N-methyl/N-ethyl adjacent to an activating group) is 1. The Hall–Kier alpha value is -1.59. The van der Waals surface area contributed by atoms with Crippen LogP contribution < -0.4 is 10.1 Å². The van der Waals surface area contributed by atoms with Gasteiger partial charge in [-0.1, -0.05) is 18.6 Å². The fourth-order valence-corrected chi connectivity index (χ4v) is 3.74. The summed E-state index contributed by atoms with van der Waals surface area (Å²) in [5, 5.41) is 3.45. The fourth-order valence-electron chi connectivity index (χ4n) is 3.74. The smallest absolute Gasteiger partial charge is 0.257 e. The molecule has 2 aliphatic rings. The van der Waals surface area contributed by atoms with Crippen LogP contribution in [0.4, 0.5) is 0 Å². The summed E-state index contributed by atoms with van der Waals surface area (Å²) < 4.78 is 12.0. The summed E-state index contributed by atoms with van der Waals surface area (Å²) in [6.07, 6.45) is 5.66. The number of benzene rings is 1. The number of hydrogen-bond donors (Lipinski definition) is 1. The van der Waals surface area contributed by atoms with Crippen LogP contribution in [0.2, 0.25) is 0 Å². The van der Waals surface area contributed by atoms with Crippen LogP contribution in [0.1, 0.15) is 42.5 Å². The molecule has 1 aromatic carbocycles. The standard InChI is InChI=1S/C20H30N2O3/c1-22-13-15-24-14-5-4-8-20(9-11-21-12-10-20)16-25-18-7-3-2-6-17(18)19(22)23/h2-3,6-7,21H,4-5,8-16H2,1H3. The van der Waals surface area contributed by atoms with E-state index >= 15 is 0 Å². The molecule has 1 fully saturated rings. The SMILES string of the molecule is CN1CCOCCCCC2(CCNCC2)COc2ccccc2C1=O. The van der Waals surface area contributed by atoms with Crippen LogP contribution >= 0.6 is 0 Å². The maximum atomic E-state index is 12.8. The van der Waals surface area contributed by atoms with Gasteiger partial charge in [-0.05, 0) is 50.9 Å². The lowest BCUT2D eigenvalue weighted by atomic mass is 9.75. The Bertz CT molecular complexity index is 570. The van der Waals surface area contributed by atoms with Crippen LogP contribution in [-0.2, 0) is 4.74 Å². The molecule has 0 unspecified atom stereocenters. The molecule has 0 aliphatic carbocycles. The Morgan fingerprint density at radius 3 is 2.72 bits per heavy atom. The monoisotopic (exact) mass is 346 g/mol. The van der Waals surface area contributed by atoms with Crippen molar-refractivity contribution in [2.45, 2.75) is 32.1 Å². The van der Waals surface area contributed by atoms with Gasteiger partial charge in [-0.3, -0.25) is 4.79 Å². The third-order valence-electron chi connectivity index (χ3n) is 5.48. The van der Waals surface area contributed by atoms with Gasteiger partial charge >= 0.3 is 0 Å². The van der Waals surface area contributed by atoms with Crippen molar-refractivity contribution in [3.05, 3.63) is 29.8 Å². The number of nitrogens with zero attached hydrogens (tertiary/aromatic N) is 1.